The Balaban J connectivity index is 2.38. The van der Waals surface area contributed by atoms with E-state index in [1.807, 2.05) is 6.92 Å². The molecule has 0 radical (unpaired) electrons. The molecule has 1 aliphatic carbocycles. The molecule has 1 aliphatic rings. The summed E-state index contributed by atoms with van der Waals surface area (Å²) in [6.07, 6.45) is 4.38. The zero-order chi connectivity index (χ0) is 12.7. The van der Waals surface area contributed by atoms with E-state index in [4.69, 9.17) is 9.47 Å². The average molecular weight is 245 g/mol. The van der Waals surface area contributed by atoms with Crippen LogP contribution >= 0.6 is 0 Å². The fourth-order valence-electron chi connectivity index (χ4n) is 2.55. The van der Waals surface area contributed by atoms with Gasteiger partial charge in [0.1, 0.15) is 0 Å². The lowest BCUT2D eigenvalue weighted by atomic mass is 9.98. The molecule has 0 saturated heterocycles. The van der Waals surface area contributed by atoms with Crippen molar-refractivity contribution in [2.24, 2.45) is 0 Å². The van der Waals surface area contributed by atoms with Crippen molar-refractivity contribution < 1.29 is 14.6 Å². The molecule has 0 aliphatic heterocycles. The minimum absolute atomic E-state index is 0.118. The van der Waals surface area contributed by atoms with Gasteiger partial charge in [-0.25, -0.2) is 0 Å². The van der Waals surface area contributed by atoms with Gasteiger partial charge in [0.2, 0.25) is 0 Å². The molecular formula is C13H27NO3. The van der Waals surface area contributed by atoms with Gasteiger partial charge in [0.05, 0.1) is 25.4 Å². The van der Waals surface area contributed by atoms with Gasteiger partial charge >= 0.3 is 0 Å². The Kier molecular flexibility index (Phi) is 6.41. The van der Waals surface area contributed by atoms with Crippen LogP contribution in [0.5, 0.6) is 0 Å². The van der Waals surface area contributed by atoms with Crippen LogP contribution in [0.1, 0.15) is 39.5 Å². The van der Waals surface area contributed by atoms with Crippen LogP contribution in [0.15, 0.2) is 0 Å². The first-order valence-electron chi connectivity index (χ1n) is 6.66. The minimum Gasteiger partial charge on any atom is -0.394 e. The molecule has 3 unspecified atom stereocenters. The molecule has 0 aromatic carbocycles. The van der Waals surface area contributed by atoms with E-state index in [1.54, 1.807) is 7.11 Å². The van der Waals surface area contributed by atoms with Gasteiger partial charge in [-0.2, -0.15) is 0 Å². The summed E-state index contributed by atoms with van der Waals surface area (Å²) >= 11 is 0. The van der Waals surface area contributed by atoms with Gasteiger partial charge in [0.15, 0.2) is 0 Å². The Bertz CT molecular complexity index is 213. The second kappa shape index (κ2) is 7.31. The second-order valence-corrected chi connectivity index (χ2v) is 5.13. The number of hydrogen-bond acceptors (Lipinski definition) is 4. The van der Waals surface area contributed by atoms with E-state index < -0.39 is 0 Å². The highest BCUT2D eigenvalue weighted by molar-refractivity contribution is 4.96. The smallest absolute Gasteiger partial charge is 0.0784 e. The van der Waals surface area contributed by atoms with Crippen LogP contribution in [0.25, 0.3) is 0 Å². The van der Waals surface area contributed by atoms with Crippen LogP contribution in [-0.4, -0.2) is 49.7 Å². The van der Waals surface area contributed by atoms with Crippen LogP contribution < -0.4 is 5.32 Å². The monoisotopic (exact) mass is 245 g/mol. The molecule has 2 N–H and O–H groups in total. The third kappa shape index (κ3) is 4.54. The predicted molar refractivity (Wildman–Crippen MR) is 68.2 cm³/mol. The van der Waals surface area contributed by atoms with Crippen molar-refractivity contribution in [3.05, 3.63) is 0 Å². The molecule has 4 heteroatoms. The van der Waals surface area contributed by atoms with E-state index in [-0.39, 0.29) is 24.4 Å². The molecule has 0 aromatic heterocycles. The fraction of sp³-hybridized carbons (Fsp3) is 1.00. The van der Waals surface area contributed by atoms with Gasteiger partial charge in [0, 0.05) is 12.6 Å². The normalized spacial score (nSPS) is 30.7. The largest absolute Gasteiger partial charge is 0.394 e. The number of hydrogen-bond donors (Lipinski definition) is 2. The maximum Gasteiger partial charge on any atom is 0.0784 e. The standard InChI is InChI=1S/C13H27NO3/c1-4-7-14-13(10-15)6-5-12(8-13)17-11(2)9-16-3/h11-12,14-15H,4-10H2,1-3H3. The molecule has 17 heavy (non-hydrogen) atoms. The number of nitrogens with one attached hydrogen (secondary N) is 1. The number of rotatable bonds is 8. The van der Waals surface area contributed by atoms with Crippen LogP contribution in [-0.2, 0) is 9.47 Å². The topological polar surface area (TPSA) is 50.7 Å². The van der Waals surface area contributed by atoms with Gasteiger partial charge in [-0.15, -0.1) is 0 Å². The van der Waals surface area contributed by atoms with Gasteiger partial charge in [-0.05, 0) is 39.2 Å². The number of methoxy groups -OCH3 is 1. The summed E-state index contributed by atoms with van der Waals surface area (Å²) in [5.74, 6) is 0. The summed E-state index contributed by atoms with van der Waals surface area (Å²) in [6.45, 7) is 5.96. The average Bonchev–Trinajstić information content (AvgIpc) is 2.71. The maximum absolute atomic E-state index is 9.56. The van der Waals surface area contributed by atoms with Crippen molar-refractivity contribution in [3.8, 4) is 0 Å². The molecule has 0 aromatic rings. The van der Waals surface area contributed by atoms with Crippen LogP contribution in [0, 0.1) is 0 Å². The van der Waals surface area contributed by atoms with E-state index in [2.05, 4.69) is 12.2 Å². The van der Waals surface area contributed by atoms with E-state index in [0.717, 1.165) is 32.2 Å². The quantitative estimate of drug-likeness (QED) is 0.677. The fourth-order valence-corrected chi connectivity index (χ4v) is 2.55. The Morgan fingerprint density at radius 3 is 2.88 bits per heavy atom. The van der Waals surface area contributed by atoms with Crippen molar-refractivity contribution in [1.29, 1.82) is 0 Å². The van der Waals surface area contributed by atoms with Gasteiger partial charge in [-0.3, -0.25) is 0 Å². The van der Waals surface area contributed by atoms with E-state index >= 15 is 0 Å². The minimum atomic E-state index is -0.118. The third-order valence-corrected chi connectivity index (χ3v) is 3.44. The first-order chi connectivity index (χ1) is 8.15. The Morgan fingerprint density at radius 2 is 2.29 bits per heavy atom. The molecule has 1 fully saturated rings. The molecule has 0 bridgehead atoms. The van der Waals surface area contributed by atoms with Crippen molar-refractivity contribution in [3.63, 3.8) is 0 Å². The van der Waals surface area contributed by atoms with E-state index in [9.17, 15) is 5.11 Å². The van der Waals surface area contributed by atoms with Crippen molar-refractivity contribution >= 4 is 0 Å². The number of aliphatic hydroxyl groups is 1. The highest BCUT2D eigenvalue weighted by Gasteiger charge is 2.39. The Morgan fingerprint density at radius 1 is 1.53 bits per heavy atom. The van der Waals surface area contributed by atoms with Gasteiger partial charge in [-0.1, -0.05) is 6.92 Å². The summed E-state index contributed by atoms with van der Waals surface area (Å²) in [5.41, 5.74) is -0.118. The van der Waals surface area contributed by atoms with Gasteiger partial charge in [0.25, 0.3) is 0 Å². The summed E-state index contributed by atoms with van der Waals surface area (Å²) in [6, 6.07) is 0. The predicted octanol–water partition coefficient (Wildman–Crippen LogP) is 1.32. The second-order valence-electron chi connectivity index (χ2n) is 5.13. The summed E-state index contributed by atoms with van der Waals surface area (Å²) in [4.78, 5) is 0. The van der Waals surface area contributed by atoms with E-state index in [0.29, 0.717) is 6.61 Å². The van der Waals surface area contributed by atoms with Crippen molar-refractivity contribution in [2.45, 2.75) is 57.3 Å². The SMILES string of the molecule is CCCNC1(CO)CCC(OC(C)COC)C1. The number of ether oxygens (including phenoxy) is 2. The third-order valence-electron chi connectivity index (χ3n) is 3.44. The van der Waals surface area contributed by atoms with Crippen LogP contribution in [0.3, 0.4) is 0 Å². The zero-order valence-corrected chi connectivity index (χ0v) is 11.4. The summed E-state index contributed by atoms with van der Waals surface area (Å²) in [5, 5.41) is 13.0. The first-order valence-corrected chi connectivity index (χ1v) is 6.66. The van der Waals surface area contributed by atoms with Crippen molar-refractivity contribution in [1.82, 2.24) is 5.32 Å². The Labute approximate surface area is 105 Å². The summed E-state index contributed by atoms with van der Waals surface area (Å²) < 4.78 is 11.0. The lowest BCUT2D eigenvalue weighted by Crippen LogP contribution is -2.47. The molecule has 0 heterocycles. The highest BCUT2D eigenvalue weighted by Crippen LogP contribution is 2.32. The van der Waals surface area contributed by atoms with Crippen LogP contribution in [0.2, 0.25) is 0 Å². The molecule has 4 nitrogen and oxygen atoms in total. The molecule has 3 atom stereocenters. The molecule has 102 valence electrons. The van der Waals surface area contributed by atoms with Crippen molar-refractivity contribution in [2.75, 3.05) is 26.9 Å². The summed E-state index contributed by atoms with van der Waals surface area (Å²) in [7, 11) is 1.69. The molecule has 1 saturated carbocycles. The maximum atomic E-state index is 9.56. The first kappa shape index (κ1) is 14.9. The lowest BCUT2D eigenvalue weighted by molar-refractivity contribution is -0.0394. The molecule has 0 spiro atoms. The highest BCUT2D eigenvalue weighted by atomic mass is 16.5. The molecule has 1 rings (SSSR count). The van der Waals surface area contributed by atoms with E-state index in [1.165, 1.54) is 0 Å². The zero-order valence-electron chi connectivity index (χ0n) is 11.4. The van der Waals surface area contributed by atoms with Gasteiger partial charge < -0.3 is 19.9 Å². The number of aliphatic hydroxyl groups excluding tert-OH is 1. The lowest BCUT2D eigenvalue weighted by Gasteiger charge is -2.29. The Hall–Kier alpha value is -0.160. The van der Waals surface area contributed by atoms with Crippen LogP contribution in [0.4, 0.5) is 0 Å². The molecule has 0 amide bonds. The molecular weight excluding hydrogens is 218 g/mol.